The molecule has 0 aliphatic heterocycles. The highest BCUT2D eigenvalue weighted by molar-refractivity contribution is 6.30. The first-order chi connectivity index (χ1) is 10.6. The minimum Gasteiger partial charge on any atom is -0.379 e. The maximum Gasteiger partial charge on any atom is 0.191 e. The molecule has 0 unspecified atom stereocenters. The van der Waals surface area contributed by atoms with E-state index >= 15 is 0 Å². The van der Waals surface area contributed by atoms with Crippen LogP contribution in [0, 0.1) is 0 Å². The first kappa shape index (κ1) is 18.8. The predicted molar refractivity (Wildman–Crippen MR) is 94.8 cm³/mol. The van der Waals surface area contributed by atoms with Gasteiger partial charge in [0, 0.05) is 31.3 Å². The van der Waals surface area contributed by atoms with E-state index in [-0.39, 0.29) is 6.10 Å². The van der Waals surface area contributed by atoms with Gasteiger partial charge in [-0.15, -0.1) is 0 Å². The second-order valence-corrected chi connectivity index (χ2v) is 5.77. The van der Waals surface area contributed by atoms with Crippen LogP contribution in [0.25, 0.3) is 0 Å². The van der Waals surface area contributed by atoms with Crippen LogP contribution >= 0.6 is 11.6 Å². The SMILES string of the molecule is CCNC(=NCCCOC(C)C)NCCc1ccc(Cl)cc1. The van der Waals surface area contributed by atoms with E-state index in [0.717, 1.165) is 50.1 Å². The smallest absolute Gasteiger partial charge is 0.191 e. The van der Waals surface area contributed by atoms with Crippen molar-refractivity contribution in [3.8, 4) is 0 Å². The van der Waals surface area contributed by atoms with E-state index in [1.807, 2.05) is 26.0 Å². The second kappa shape index (κ2) is 11.3. The molecular formula is C17H28ClN3O. The minimum absolute atomic E-state index is 0.287. The summed E-state index contributed by atoms with van der Waals surface area (Å²) in [6.07, 6.45) is 2.17. The zero-order valence-corrected chi connectivity index (χ0v) is 14.6. The van der Waals surface area contributed by atoms with E-state index in [4.69, 9.17) is 16.3 Å². The summed E-state index contributed by atoms with van der Waals surface area (Å²) in [6, 6.07) is 7.95. The van der Waals surface area contributed by atoms with E-state index < -0.39 is 0 Å². The number of aliphatic imine (C=N–C) groups is 1. The van der Waals surface area contributed by atoms with Crippen molar-refractivity contribution in [3.05, 3.63) is 34.9 Å². The van der Waals surface area contributed by atoms with Gasteiger partial charge in [0.2, 0.25) is 0 Å². The standard InChI is InChI=1S/C17H28ClN3O/c1-4-19-17(20-11-5-13-22-14(2)3)21-12-10-15-6-8-16(18)9-7-15/h6-9,14H,4-5,10-13H2,1-3H3,(H2,19,20,21). The van der Waals surface area contributed by atoms with Crippen molar-refractivity contribution >= 4 is 17.6 Å². The Balaban J connectivity index is 2.28. The maximum absolute atomic E-state index is 5.88. The summed E-state index contributed by atoms with van der Waals surface area (Å²) in [6.45, 7) is 9.38. The largest absolute Gasteiger partial charge is 0.379 e. The third kappa shape index (κ3) is 8.90. The van der Waals surface area contributed by atoms with E-state index in [9.17, 15) is 0 Å². The second-order valence-electron chi connectivity index (χ2n) is 5.34. The first-order valence-corrected chi connectivity index (χ1v) is 8.37. The van der Waals surface area contributed by atoms with Gasteiger partial charge in [-0.05, 0) is 51.3 Å². The van der Waals surface area contributed by atoms with Crippen molar-refractivity contribution in [1.29, 1.82) is 0 Å². The van der Waals surface area contributed by atoms with Crippen molar-refractivity contribution in [1.82, 2.24) is 10.6 Å². The fourth-order valence-electron chi connectivity index (χ4n) is 1.89. The number of rotatable bonds is 9. The summed E-state index contributed by atoms with van der Waals surface area (Å²) in [5, 5.41) is 7.38. The highest BCUT2D eigenvalue weighted by Gasteiger charge is 1.98. The number of nitrogens with one attached hydrogen (secondary N) is 2. The molecule has 0 saturated heterocycles. The van der Waals surface area contributed by atoms with Crippen LogP contribution in [0.3, 0.4) is 0 Å². The molecule has 0 amide bonds. The topological polar surface area (TPSA) is 45.7 Å². The Morgan fingerprint density at radius 2 is 1.95 bits per heavy atom. The molecule has 22 heavy (non-hydrogen) atoms. The lowest BCUT2D eigenvalue weighted by molar-refractivity contribution is 0.0782. The van der Waals surface area contributed by atoms with Gasteiger partial charge in [0.05, 0.1) is 6.10 Å². The molecule has 1 rings (SSSR count). The van der Waals surface area contributed by atoms with Crippen LogP contribution in [0.2, 0.25) is 5.02 Å². The zero-order valence-electron chi connectivity index (χ0n) is 13.9. The van der Waals surface area contributed by atoms with Gasteiger partial charge < -0.3 is 15.4 Å². The monoisotopic (exact) mass is 325 g/mol. The maximum atomic E-state index is 5.88. The van der Waals surface area contributed by atoms with Crippen molar-refractivity contribution in [2.75, 3.05) is 26.2 Å². The quantitative estimate of drug-likeness (QED) is 0.416. The molecule has 0 aromatic heterocycles. The lowest BCUT2D eigenvalue weighted by atomic mass is 10.1. The highest BCUT2D eigenvalue weighted by Crippen LogP contribution is 2.09. The van der Waals surface area contributed by atoms with Crippen LogP contribution in [-0.2, 0) is 11.2 Å². The Morgan fingerprint density at radius 1 is 1.23 bits per heavy atom. The summed E-state index contributed by atoms with van der Waals surface area (Å²) >= 11 is 5.88. The molecule has 2 N–H and O–H groups in total. The Kier molecular flexibility index (Phi) is 9.67. The molecule has 0 radical (unpaired) electrons. The molecule has 0 atom stereocenters. The van der Waals surface area contributed by atoms with Crippen molar-refractivity contribution in [3.63, 3.8) is 0 Å². The minimum atomic E-state index is 0.287. The summed E-state index contributed by atoms with van der Waals surface area (Å²) in [4.78, 5) is 4.55. The van der Waals surface area contributed by atoms with Crippen LogP contribution in [-0.4, -0.2) is 38.3 Å². The van der Waals surface area contributed by atoms with Gasteiger partial charge >= 0.3 is 0 Å². The molecule has 0 bridgehead atoms. The van der Waals surface area contributed by atoms with E-state index in [1.54, 1.807) is 0 Å². The molecule has 1 aromatic carbocycles. The molecule has 0 aliphatic rings. The number of benzene rings is 1. The molecule has 1 aromatic rings. The van der Waals surface area contributed by atoms with E-state index in [0.29, 0.717) is 0 Å². The molecular weight excluding hydrogens is 298 g/mol. The van der Waals surface area contributed by atoms with Crippen LogP contribution in [0.5, 0.6) is 0 Å². The fourth-order valence-corrected chi connectivity index (χ4v) is 2.02. The van der Waals surface area contributed by atoms with Gasteiger partial charge in [-0.3, -0.25) is 4.99 Å². The number of halogens is 1. The van der Waals surface area contributed by atoms with Gasteiger partial charge in [-0.2, -0.15) is 0 Å². The number of hydrogen-bond donors (Lipinski definition) is 2. The van der Waals surface area contributed by atoms with Gasteiger partial charge in [-0.25, -0.2) is 0 Å². The molecule has 0 spiro atoms. The Morgan fingerprint density at radius 3 is 2.59 bits per heavy atom. The summed E-state index contributed by atoms with van der Waals surface area (Å²) < 4.78 is 5.51. The van der Waals surface area contributed by atoms with Crippen molar-refractivity contribution in [2.45, 2.75) is 39.7 Å². The average molecular weight is 326 g/mol. The molecule has 5 heteroatoms. The molecule has 124 valence electrons. The fraction of sp³-hybridized carbons (Fsp3) is 0.588. The average Bonchev–Trinajstić information content (AvgIpc) is 2.48. The van der Waals surface area contributed by atoms with Crippen LogP contribution in [0.15, 0.2) is 29.3 Å². The Bertz CT molecular complexity index is 432. The van der Waals surface area contributed by atoms with Crippen LogP contribution in [0.4, 0.5) is 0 Å². The highest BCUT2D eigenvalue weighted by atomic mass is 35.5. The molecule has 4 nitrogen and oxygen atoms in total. The van der Waals surface area contributed by atoms with Crippen LogP contribution in [0.1, 0.15) is 32.8 Å². The molecule has 0 fully saturated rings. The lowest BCUT2D eigenvalue weighted by Gasteiger charge is -2.11. The van der Waals surface area contributed by atoms with Crippen LogP contribution < -0.4 is 10.6 Å². The lowest BCUT2D eigenvalue weighted by Crippen LogP contribution is -2.38. The first-order valence-electron chi connectivity index (χ1n) is 8.00. The van der Waals surface area contributed by atoms with Gasteiger partial charge in [0.25, 0.3) is 0 Å². The zero-order chi connectivity index (χ0) is 16.2. The Hall–Kier alpha value is -1.26. The Labute approximate surface area is 139 Å². The van der Waals surface area contributed by atoms with E-state index in [2.05, 4.69) is 34.7 Å². The van der Waals surface area contributed by atoms with Gasteiger partial charge in [-0.1, -0.05) is 23.7 Å². The third-order valence-corrected chi connectivity index (χ3v) is 3.24. The van der Waals surface area contributed by atoms with E-state index in [1.165, 1.54) is 5.56 Å². The third-order valence-electron chi connectivity index (χ3n) is 2.99. The normalized spacial score (nSPS) is 11.8. The molecule has 0 saturated carbocycles. The molecule has 0 heterocycles. The van der Waals surface area contributed by atoms with Crippen molar-refractivity contribution in [2.24, 2.45) is 4.99 Å². The summed E-state index contributed by atoms with van der Waals surface area (Å²) in [5.41, 5.74) is 1.26. The number of ether oxygens (including phenoxy) is 1. The van der Waals surface area contributed by atoms with Crippen molar-refractivity contribution < 1.29 is 4.74 Å². The number of guanidine groups is 1. The van der Waals surface area contributed by atoms with Gasteiger partial charge in [0.1, 0.15) is 0 Å². The number of hydrogen-bond acceptors (Lipinski definition) is 2. The summed E-state index contributed by atoms with van der Waals surface area (Å²) in [5.74, 6) is 0.862. The predicted octanol–water partition coefficient (Wildman–Crippen LogP) is 3.25. The summed E-state index contributed by atoms with van der Waals surface area (Å²) in [7, 11) is 0. The number of nitrogens with zero attached hydrogens (tertiary/aromatic N) is 1. The molecule has 0 aliphatic carbocycles. The van der Waals surface area contributed by atoms with Gasteiger partial charge in [0.15, 0.2) is 5.96 Å².